The summed E-state index contributed by atoms with van der Waals surface area (Å²) in [4.78, 5) is 32.7. The topological polar surface area (TPSA) is 53.1 Å². The van der Waals surface area contributed by atoms with Gasteiger partial charge in [-0.05, 0) is 43.0 Å². The molecule has 2 saturated heterocycles. The number of ether oxygens (including phenoxy) is 1. The van der Waals surface area contributed by atoms with E-state index in [0.29, 0.717) is 30.2 Å². The predicted octanol–water partition coefficient (Wildman–Crippen LogP) is 6.07. The SMILES string of the molecule is CCN(C(=O)OCc1ccccc1)C1CCN([C@H]2CN(C(=O)c3ccccc3Cl)C[C@@H]2c2ccccc2)CC1. The van der Waals surface area contributed by atoms with E-state index in [2.05, 4.69) is 29.2 Å². The zero-order valence-corrected chi connectivity index (χ0v) is 23.2. The summed E-state index contributed by atoms with van der Waals surface area (Å²) in [6, 6.07) is 27.9. The minimum Gasteiger partial charge on any atom is -0.445 e. The molecular formula is C32H36ClN3O3. The van der Waals surface area contributed by atoms with Crippen LogP contribution in [0.2, 0.25) is 5.02 Å². The van der Waals surface area contributed by atoms with E-state index >= 15 is 0 Å². The number of benzene rings is 3. The molecule has 2 amide bonds. The van der Waals surface area contributed by atoms with E-state index in [1.165, 1.54) is 5.56 Å². The Morgan fingerprint density at radius 3 is 2.21 bits per heavy atom. The summed E-state index contributed by atoms with van der Waals surface area (Å²) < 4.78 is 5.65. The minimum atomic E-state index is -0.251. The molecule has 5 rings (SSSR count). The van der Waals surface area contributed by atoms with Crippen LogP contribution in [-0.4, -0.2) is 71.5 Å². The molecule has 0 aromatic heterocycles. The van der Waals surface area contributed by atoms with Gasteiger partial charge in [0, 0.05) is 50.7 Å². The molecule has 2 aliphatic rings. The molecule has 2 atom stereocenters. The molecule has 0 unspecified atom stereocenters. The number of amides is 2. The van der Waals surface area contributed by atoms with Crippen molar-refractivity contribution in [3.8, 4) is 0 Å². The van der Waals surface area contributed by atoms with E-state index < -0.39 is 0 Å². The van der Waals surface area contributed by atoms with Gasteiger partial charge in [-0.1, -0.05) is 84.4 Å². The van der Waals surface area contributed by atoms with Gasteiger partial charge in [0.25, 0.3) is 5.91 Å². The fraction of sp³-hybridized carbons (Fsp3) is 0.375. The van der Waals surface area contributed by atoms with Gasteiger partial charge in [0.05, 0.1) is 10.6 Å². The number of nitrogens with zero attached hydrogens (tertiary/aromatic N) is 3. The summed E-state index contributed by atoms with van der Waals surface area (Å²) in [5, 5.41) is 0.488. The number of rotatable bonds is 7. The van der Waals surface area contributed by atoms with Crippen LogP contribution in [0.15, 0.2) is 84.9 Å². The monoisotopic (exact) mass is 545 g/mol. The number of hydrogen-bond acceptors (Lipinski definition) is 4. The Kier molecular flexibility index (Phi) is 8.84. The third kappa shape index (κ3) is 6.29. The van der Waals surface area contributed by atoms with Gasteiger partial charge in [0.2, 0.25) is 0 Å². The van der Waals surface area contributed by atoms with Crippen LogP contribution in [0.5, 0.6) is 0 Å². The Morgan fingerprint density at radius 1 is 0.897 bits per heavy atom. The van der Waals surface area contributed by atoms with E-state index in [1.807, 2.05) is 65.3 Å². The van der Waals surface area contributed by atoms with Crippen molar-refractivity contribution >= 4 is 23.6 Å². The zero-order chi connectivity index (χ0) is 27.2. The summed E-state index contributed by atoms with van der Waals surface area (Å²) in [7, 11) is 0. The van der Waals surface area contributed by atoms with Gasteiger partial charge in [-0.15, -0.1) is 0 Å². The number of halogens is 1. The molecule has 2 aliphatic heterocycles. The lowest BCUT2D eigenvalue weighted by atomic mass is 9.91. The lowest BCUT2D eigenvalue weighted by molar-refractivity contribution is 0.0531. The van der Waals surface area contributed by atoms with Crippen LogP contribution >= 0.6 is 11.6 Å². The van der Waals surface area contributed by atoms with Gasteiger partial charge in [-0.25, -0.2) is 4.79 Å². The maximum Gasteiger partial charge on any atom is 0.410 e. The van der Waals surface area contributed by atoms with Crippen LogP contribution in [0.3, 0.4) is 0 Å². The van der Waals surface area contributed by atoms with Crippen LogP contribution in [-0.2, 0) is 11.3 Å². The van der Waals surface area contributed by atoms with Crippen LogP contribution in [0.25, 0.3) is 0 Å². The Bertz CT molecular complexity index is 1250. The summed E-state index contributed by atoms with van der Waals surface area (Å²) in [5.41, 5.74) is 2.79. The van der Waals surface area contributed by atoms with Crippen LogP contribution in [0.1, 0.15) is 47.2 Å². The lowest BCUT2D eigenvalue weighted by Crippen LogP contribution is -2.51. The van der Waals surface area contributed by atoms with Gasteiger partial charge < -0.3 is 14.5 Å². The first-order valence-electron chi connectivity index (χ1n) is 13.8. The highest BCUT2D eigenvalue weighted by Crippen LogP contribution is 2.34. The van der Waals surface area contributed by atoms with Crippen molar-refractivity contribution in [3.63, 3.8) is 0 Å². The molecule has 0 radical (unpaired) electrons. The first-order chi connectivity index (χ1) is 19.0. The Balaban J connectivity index is 1.25. The molecule has 0 aliphatic carbocycles. The van der Waals surface area contributed by atoms with Crippen LogP contribution < -0.4 is 0 Å². The third-order valence-electron chi connectivity index (χ3n) is 8.10. The first kappa shape index (κ1) is 27.2. The maximum absolute atomic E-state index is 13.5. The van der Waals surface area contributed by atoms with E-state index in [-0.39, 0.29) is 36.6 Å². The van der Waals surface area contributed by atoms with E-state index in [1.54, 1.807) is 12.1 Å². The highest BCUT2D eigenvalue weighted by atomic mass is 35.5. The second kappa shape index (κ2) is 12.7. The molecule has 6 nitrogen and oxygen atoms in total. The Morgan fingerprint density at radius 2 is 1.54 bits per heavy atom. The molecular weight excluding hydrogens is 510 g/mol. The molecule has 0 bridgehead atoms. The van der Waals surface area contributed by atoms with E-state index in [4.69, 9.17) is 16.3 Å². The molecule has 2 fully saturated rings. The fourth-order valence-corrected chi connectivity index (χ4v) is 6.24. The third-order valence-corrected chi connectivity index (χ3v) is 8.43. The molecule has 0 saturated carbocycles. The van der Waals surface area contributed by atoms with Crippen molar-refractivity contribution in [3.05, 3.63) is 107 Å². The number of carbonyl (C=O) groups excluding carboxylic acids is 2. The molecule has 2 heterocycles. The van der Waals surface area contributed by atoms with Crippen molar-refractivity contribution in [2.45, 2.75) is 44.4 Å². The quantitative estimate of drug-likeness (QED) is 0.361. The average molecular weight is 546 g/mol. The van der Waals surface area contributed by atoms with Gasteiger partial charge >= 0.3 is 6.09 Å². The first-order valence-corrected chi connectivity index (χ1v) is 14.2. The predicted molar refractivity (Wildman–Crippen MR) is 154 cm³/mol. The highest BCUT2D eigenvalue weighted by molar-refractivity contribution is 6.33. The summed E-state index contributed by atoms with van der Waals surface area (Å²) in [6.45, 7) is 5.97. The highest BCUT2D eigenvalue weighted by Gasteiger charge is 2.41. The smallest absolute Gasteiger partial charge is 0.410 e. The van der Waals surface area contributed by atoms with Crippen LogP contribution in [0.4, 0.5) is 4.79 Å². The lowest BCUT2D eigenvalue weighted by Gasteiger charge is -2.41. The standard InChI is InChI=1S/C32H36ClN3O3/c1-2-36(32(38)39-23-24-11-5-3-6-12-24)26-17-19-34(20-18-26)30-22-35(21-28(30)25-13-7-4-8-14-25)31(37)27-15-9-10-16-29(27)33/h3-16,26,28,30H,2,17-23H2,1H3/t28-,30+/m1/s1. The zero-order valence-electron chi connectivity index (χ0n) is 22.4. The number of carbonyl (C=O) groups is 2. The molecule has 3 aromatic rings. The van der Waals surface area contributed by atoms with Crippen molar-refractivity contribution in [1.82, 2.24) is 14.7 Å². The average Bonchev–Trinajstić information content (AvgIpc) is 3.43. The number of hydrogen-bond donors (Lipinski definition) is 0. The van der Waals surface area contributed by atoms with Gasteiger partial charge in [0.15, 0.2) is 0 Å². The van der Waals surface area contributed by atoms with Crippen molar-refractivity contribution in [1.29, 1.82) is 0 Å². The molecule has 3 aromatic carbocycles. The maximum atomic E-state index is 13.5. The van der Waals surface area contributed by atoms with E-state index in [9.17, 15) is 9.59 Å². The van der Waals surface area contributed by atoms with Gasteiger partial charge in [-0.3, -0.25) is 9.69 Å². The van der Waals surface area contributed by atoms with E-state index in [0.717, 1.165) is 31.5 Å². The fourth-order valence-electron chi connectivity index (χ4n) is 6.02. The largest absolute Gasteiger partial charge is 0.445 e. The summed E-state index contributed by atoms with van der Waals surface area (Å²) >= 11 is 6.38. The van der Waals surface area contributed by atoms with Gasteiger partial charge in [-0.2, -0.15) is 0 Å². The molecule has 0 N–H and O–H groups in total. The summed E-state index contributed by atoms with van der Waals surface area (Å²) in [6.07, 6.45) is 1.51. The molecule has 39 heavy (non-hydrogen) atoms. The minimum absolute atomic E-state index is 0.0164. The number of piperidine rings is 1. The molecule has 7 heteroatoms. The van der Waals surface area contributed by atoms with Crippen molar-refractivity contribution < 1.29 is 14.3 Å². The number of likely N-dealkylation sites (tertiary alicyclic amines) is 2. The Hall–Kier alpha value is -3.35. The Labute approximate surface area is 236 Å². The van der Waals surface area contributed by atoms with Crippen LogP contribution in [0, 0.1) is 0 Å². The second-order valence-electron chi connectivity index (χ2n) is 10.4. The van der Waals surface area contributed by atoms with Crippen molar-refractivity contribution in [2.24, 2.45) is 0 Å². The van der Waals surface area contributed by atoms with Gasteiger partial charge in [0.1, 0.15) is 6.61 Å². The van der Waals surface area contributed by atoms with Crippen molar-refractivity contribution in [2.75, 3.05) is 32.7 Å². The molecule has 0 spiro atoms. The normalized spacial score (nSPS) is 20.1. The molecule has 204 valence electrons. The summed E-state index contributed by atoms with van der Waals surface area (Å²) in [5.74, 6) is 0.199. The second-order valence-corrected chi connectivity index (χ2v) is 10.8.